The van der Waals surface area contributed by atoms with Crippen LogP contribution in [0.4, 0.5) is 0 Å². The summed E-state index contributed by atoms with van der Waals surface area (Å²) in [6, 6.07) is 0.0340. The minimum Gasteiger partial charge on any atom is -0.384 e. The van der Waals surface area contributed by atoms with E-state index in [1.165, 1.54) is 11.5 Å². The van der Waals surface area contributed by atoms with Crippen molar-refractivity contribution in [1.82, 2.24) is 14.0 Å². The van der Waals surface area contributed by atoms with Crippen LogP contribution in [0, 0.1) is 0 Å². The first kappa shape index (κ1) is 14.3. The summed E-state index contributed by atoms with van der Waals surface area (Å²) in [5, 5.41) is 9.32. The molecule has 6 nitrogen and oxygen atoms in total. The van der Waals surface area contributed by atoms with Crippen molar-refractivity contribution in [2.45, 2.75) is 30.3 Å². The number of hydrogen-bond acceptors (Lipinski definition) is 3. The second-order valence-corrected chi connectivity index (χ2v) is 6.11. The molecule has 0 aromatic carbocycles. The molecule has 1 aliphatic rings. The van der Waals surface area contributed by atoms with Gasteiger partial charge >= 0.3 is 5.69 Å². The summed E-state index contributed by atoms with van der Waals surface area (Å²) in [5.74, 6) is -0.261. The maximum atomic E-state index is 11.9. The van der Waals surface area contributed by atoms with E-state index in [1.54, 1.807) is 28.9 Å². The summed E-state index contributed by atoms with van der Waals surface area (Å²) in [4.78, 5) is 25.3. The number of halogens is 1. The third-order valence-corrected chi connectivity index (χ3v) is 4.41. The largest absolute Gasteiger partial charge is 0.384 e. The van der Waals surface area contributed by atoms with Crippen LogP contribution in [0.5, 0.6) is 0 Å². The van der Waals surface area contributed by atoms with Crippen LogP contribution < -0.4 is 5.69 Å². The van der Waals surface area contributed by atoms with Gasteiger partial charge in [0.15, 0.2) is 0 Å². The van der Waals surface area contributed by atoms with E-state index >= 15 is 0 Å². The van der Waals surface area contributed by atoms with Crippen molar-refractivity contribution >= 4 is 21.8 Å². The number of amides is 1. The van der Waals surface area contributed by atoms with Crippen LogP contribution in [0.3, 0.4) is 0 Å². The average molecular weight is 332 g/mol. The van der Waals surface area contributed by atoms with Crippen LogP contribution in [0.2, 0.25) is 0 Å². The Bertz CT molecular complexity index is 523. The lowest BCUT2D eigenvalue weighted by Gasteiger charge is -2.36. The van der Waals surface area contributed by atoms with Gasteiger partial charge in [-0.05, 0) is 13.3 Å². The van der Waals surface area contributed by atoms with Crippen LogP contribution in [-0.4, -0.2) is 49.1 Å². The van der Waals surface area contributed by atoms with Crippen molar-refractivity contribution in [3.05, 3.63) is 22.9 Å². The number of piperidine rings is 1. The highest BCUT2D eigenvalue weighted by atomic mass is 79.9. The Morgan fingerprint density at radius 3 is 2.68 bits per heavy atom. The monoisotopic (exact) mass is 331 g/mol. The maximum Gasteiger partial charge on any atom is 0.328 e. The van der Waals surface area contributed by atoms with Gasteiger partial charge in [0.1, 0.15) is 6.10 Å². The molecule has 0 radical (unpaired) electrons. The number of aryl methyl sites for hydroxylation is 1. The van der Waals surface area contributed by atoms with E-state index in [9.17, 15) is 14.7 Å². The normalized spacial score (nSPS) is 25.4. The van der Waals surface area contributed by atoms with Crippen molar-refractivity contribution in [1.29, 1.82) is 0 Å². The highest BCUT2D eigenvalue weighted by molar-refractivity contribution is 9.09. The third-order valence-electron chi connectivity index (χ3n) is 3.51. The van der Waals surface area contributed by atoms with Gasteiger partial charge in [-0.2, -0.15) is 0 Å². The third kappa shape index (κ3) is 2.76. The Morgan fingerprint density at radius 2 is 2.21 bits per heavy atom. The number of imidazole rings is 1. The molecule has 1 amide bonds. The number of hydrogen-bond donors (Lipinski definition) is 1. The Morgan fingerprint density at radius 1 is 1.53 bits per heavy atom. The van der Waals surface area contributed by atoms with E-state index in [0.29, 0.717) is 19.5 Å². The second kappa shape index (κ2) is 5.50. The summed E-state index contributed by atoms with van der Waals surface area (Å²) >= 11 is 3.55. The molecule has 2 rings (SSSR count). The number of nitrogens with zero attached hydrogens (tertiary/aromatic N) is 3. The Kier molecular flexibility index (Phi) is 4.15. The predicted molar refractivity (Wildman–Crippen MR) is 74.3 cm³/mol. The average Bonchev–Trinajstić information content (AvgIpc) is 2.69. The highest BCUT2D eigenvalue weighted by Gasteiger charge is 2.32. The van der Waals surface area contributed by atoms with Gasteiger partial charge in [0.25, 0.3) is 5.91 Å². The number of rotatable bonds is 2. The SMILES string of the molecule is C[C@@H](O)C(=O)N1CCC(n2ccn(C)c2=O)C(Br)C1. The maximum absolute atomic E-state index is 11.9. The first-order chi connectivity index (χ1) is 8.91. The molecular formula is C12H18BrN3O3. The zero-order valence-electron chi connectivity index (χ0n) is 11.0. The molecule has 2 unspecified atom stereocenters. The fourth-order valence-electron chi connectivity index (χ4n) is 2.40. The highest BCUT2D eigenvalue weighted by Crippen LogP contribution is 2.27. The van der Waals surface area contributed by atoms with Gasteiger partial charge in [0.2, 0.25) is 0 Å². The number of aromatic nitrogens is 2. The lowest BCUT2D eigenvalue weighted by molar-refractivity contribution is -0.140. The van der Waals surface area contributed by atoms with E-state index < -0.39 is 6.10 Å². The summed E-state index contributed by atoms with van der Waals surface area (Å²) < 4.78 is 3.23. The fourth-order valence-corrected chi connectivity index (χ4v) is 3.27. The first-order valence-corrected chi connectivity index (χ1v) is 7.17. The molecule has 106 valence electrons. The Hall–Kier alpha value is -1.08. The molecule has 3 atom stereocenters. The van der Waals surface area contributed by atoms with Crippen LogP contribution in [0.15, 0.2) is 17.2 Å². The topological polar surface area (TPSA) is 67.5 Å². The van der Waals surface area contributed by atoms with E-state index in [4.69, 9.17) is 0 Å². The number of carbonyl (C=O) groups excluding carboxylic acids is 1. The number of aliphatic hydroxyl groups excluding tert-OH is 1. The summed E-state index contributed by atoms with van der Waals surface area (Å²) in [6.45, 7) is 2.52. The molecule has 0 aliphatic carbocycles. The molecule has 7 heteroatoms. The minimum absolute atomic E-state index is 0.00375. The summed E-state index contributed by atoms with van der Waals surface area (Å²) in [7, 11) is 1.72. The molecule has 0 spiro atoms. The lowest BCUT2D eigenvalue weighted by atomic mass is 10.0. The van der Waals surface area contributed by atoms with Gasteiger partial charge in [0, 0.05) is 32.5 Å². The quantitative estimate of drug-likeness (QED) is 0.782. The van der Waals surface area contributed by atoms with E-state index in [2.05, 4.69) is 15.9 Å². The molecule has 2 heterocycles. The number of likely N-dealkylation sites (tertiary alicyclic amines) is 1. The smallest absolute Gasteiger partial charge is 0.328 e. The minimum atomic E-state index is -0.976. The predicted octanol–water partition coefficient (Wildman–Crippen LogP) is 0.104. The molecule has 1 saturated heterocycles. The van der Waals surface area contributed by atoms with Crippen molar-refractivity contribution < 1.29 is 9.90 Å². The van der Waals surface area contributed by atoms with E-state index in [0.717, 1.165) is 0 Å². The van der Waals surface area contributed by atoms with Gasteiger partial charge in [0.05, 0.1) is 10.9 Å². The summed E-state index contributed by atoms with van der Waals surface area (Å²) in [5.41, 5.74) is -0.0512. The number of carbonyl (C=O) groups is 1. The number of alkyl halides is 1. The van der Waals surface area contributed by atoms with E-state index in [1.807, 2.05) is 0 Å². The molecule has 19 heavy (non-hydrogen) atoms. The molecule has 1 aromatic heterocycles. The zero-order valence-corrected chi connectivity index (χ0v) is 12.6. The van der Waals surface area contributed by atoms with Crippen molar-refractivity contribution in [2.75, 3.05) is 13.1 Å². The zero-order chi connectivity index (χ0) is 14.2. The molecule has 0 saturated carbocycles. The van der Waals surface area contributed by atoms with Crippen molar-refractivity contribution in [2.24, 2.45) is 7.05 Å². The molecule has 1 fully saturated rings. The molecule has 1 aromatic rings. The van der Waals surface area contributed by atoms with Crippen molar-refractivity contribution in [3.8, 4) is 0 Å². The van der Waals surface area contributed by atoms with Gasteiger partial charge in [-0.15, -0.1) is 0 Å². The van der Waals surface area contributed by atoms with Gasteiger partial charge in [-0.25, -0.2) is 4.79 Å². The first-order valence-electron chi connectivity index (χ1n) is 6.26. The van der Waals surface area contributed by atoms with Crippen LogP contribution in [0.25, 0.3) is 0 Å². The van der Waals surface area contributed by atoms with Crippen LogP contribution in [-0.2, 0) is 11.8 Å². The van der Waals surface area contributed by atoms with Crippen LogP contribution >= 0.6 is 15.9 Å². The van der Waals surface area contributed by atoms with Gasteiger partial charge < -0.3 is 14.6 Å². The molecule has 1 aliphatic heterocycles. The Labute approximate surface area is 119 Å². The second-order valence-electron chi connectivity index (χ2n) is 4.93. The fraction of sp³-hybridized carbons (Fsp3) is 0.667. The van der Waals surface area contributed by atoms with Gasteiger partial charge in [-0.3, -0.25) is 9.36 Å². The lowest BCUT2D eigenvalue weighted by Crippen LogP contribution is -2.49. The number of aliphatic hydroxyl groups is 1. The molecule has 1 N–H and O–H groups in total. The Balaban J connectivity index is 2.11. The summed E-state index contributed by atoms with van der Waals surface area (Å²) in [6.07, 6.45) is 3.22. The molecule has 0 bridgehead atoms. The molecular weight excluding hydrogens is 314 g/mol. The van der Waals surface area contributed by atoms with E-state index in [-0.39, 0.29) is 22.5 Å². The standard InChI is InChI=1S/C12H18BrN3O3/c1-8(17)11(18)15-4-3-10(9(13)7-15)16-6-5-14(2)12(16)19/h5-6,8-10,17H,3-4,7H2,1-2H3/t8-,9?,10?/m1/s1. The van der Waals surface area contributed by atoms with Crippen molar-refractivity contribution in [3.63, 3.8) is 0 Å². The van der Waals surface area contributed by atoms with Crippen LogP contribution in [0.1, 0.15) is 19.4 Å². The van der Waals surface area contributed by atoms with Gasteiger partial charge in [-0.1, -0.05) is 15.9 Å².